The van der Waals surface area contributed by atoms with Crippen molar-refractivity contribution in [2.75, 3.05) is 0 Å². The third-order valence-electron chi connectivity index (χ3n) is 3.32. The van der Waals surface area contributed by atoms with Crippen LogP contribution in [0.3, 0.4) is 0 Å². The van der Waals surface area contributed by atoms with Crippen LogP contribution >= 0.6 is 27.3 Å². The molecule has 2 aromatic carbocycles. The molecule has 21 heavy (non-hydrogen) atoms. The molecule has 0 bridgehead atoms. The van der Waals surface area contributed by atoms with Gasteiger partial charge in [-0.3, -0.25) is 4.40 Å². The van der Waals surface area contributed by atoms with E-state index in [9.17, 15) is 0 Å². The van der Waals surface area contributed by atoms with Gasteiger partial charge in [-0.2, -0.15) is 0 Å². The molecule has 0 spiro atoms. The molecule has 3 nitrogen and oxygen atoms in total. The Bertz CT molecular complexity index is 894. The Morgan fingerprint density at radius 2 is 1.62 bits per heavy atom. The van der Waals surface area contributed by atoms with Crippen LogP contribution in [0.15, 0.2) is 64.5 Å². The van der Waals surface area contributed by atoms with Crippen molar-refractivity contribution in [3.8, 4) is 22.6 Å². The van der Waals surface area contributed by atoms with E-state index in [1.165, 1.54) is 0 Å². The Morgan fingerprint density at radius 1 is 0.857 bits per heavy atom. The molecule has 2 aromatic heterocycles. The zero-order valence-electron chi connectivity index (χ0n) is 10.9. The normalized spacial score (nSPS) is 11.1. The Hall–Kier alpha value is -1.98. The van der Waals surface area contributed by atoms with E-state index in [1.54, 1.807) is 11.3 Å². The number of nitrogens with zero attached hydrogens (tertiary/aromatic N) is 3. The smallest absolute Gasteiger partial charge is 0.216 e. The van der Waals surface area contributed by atoms with Crippen LogP contribution in [0.4, 0.5) is 0 Å². The Kier molecular flexibility index (Phi) is 3.09. The molecule has 0 aliphatic carbocycles. The van der Waals surface area contributed by atoms with E-state index in [-0.39, 0.29) is 0 Å². The fraction of sp³-hybridized carbons (Fsp3) is 0. The van der Waals surface area contributed by atoms with E-state index in [2.05, 4.69) is 60.2 Å². The third kappa shape index (κ3) is 2.18. The maximum Gasteiger partial charge on any atom is 0.216 e. The van der Waals surface area contributed by atoms with Crippen LogP contribution in [-0.2, 0) is 0 Å². The average molecular weight is 356 g/mol. The summed E-state index contributed by atoms with van der Waals surface area (Å²) in [4.78, 5) is 0.909. The van der Waals surface area contributed by atoms with E-state index < -0.39 is 0 Å². The molecular formula is C16H10BrN3S. The highest BCUT2D eigenvalue weighted by atomic mass is 79.9. The molecule has 0 aliphatic heterocycles. The van der Waals surface area contributed by atoms with Crippen LogP contribution in [0.1, 0.15) is 0 Å². The predicted octanol–water partition coefficient (Wildman–Crippen LogP) is 4.89. The average Bonchev–Trinajstić information content (AvgIpc) is 3.11. The summed E-state index contributed by atoms with van der Waals surface area (Å²) in [5, 5.41) is 10.7. The van der Waals surface area contributed by atoms with Gasteiger partial charge in [-0.15, -0.1) is 21.5 Å². The zero-order chi connectivity index (χ0) is 14.2. The molecule has 4 aromatic rings. The highest BCUT2D eigenvalue weighted by Gasteiger charge is 2.14. The van der Waals surface area contributed by atoms with Crippen molar-refractivity contribution in [1.29, 1.82) is 0 Å². The van der Waals surface area contributed by atoms with Crippen LogP contribution in [0, 0.1) is 0 Å². The molecule has 0 amide bonds. The molecule has 0 saturated heterocycles. The van der Waals surface area contributed by atoms with E-state index in [4.69, 9.17) is 0 Å². The molecule has 0 unspecified atom stereocenters. The van der Waals surface area contributed by atoms with Crippen LogP contribution in [-0.4, -0.2) is 14.6 Å². The van der Waals surface area contributed by atoms with E-state index in [0.717, 1.165) is 32.1 Å². The first-order valence-corrected chi connectivity index (χ1v) is 8.14. The number of rotatable bonds is 2. The molecule has 0 radical (unpaired) electrons. The molecule has 0 fully saturated rings. The summed E-state index contributed by atoms with van der Waals surface area (Å²) < 4.78 is 3.19. The van der Waals surface area contributed by atoms with Crippen LogP contribution in [0.2, 0.25) is 0 Å². The summed E-state index contributed by atoms with van der Waals surface area (Å²) in [5.74, 6) is 0.879. The fourth-order valence-electron chi connectivity index (χ4n) is 2.32. The van der Waals surface area contributed by atoms with Gasteiger partial charge in [0.1, 0.15) is 0 Å². The second kappa shape index (κ2) is 5.09. The first-order chi connectivity index (χ1) is 10.3. The number of hydrogen-bond acceptors (Lipinski definition) is 3. The van der Waals surface area contributed by atoms with Crippen LogP contribution in [0.25, 0.3) is 27.6 Å². The van der Waals surface area contributed by atoms with Gasteiger partial charge in [-0.05, 0) is 17.7 Å². The summed E-state index contributed by atoms with van der Waals surface area (Å²) in [6.45, 7) is 0. The minimum absolute atomic E-state index is 0.879. The summed E-state index contributed by atoms with van der Waals surface area (Å²) in [6, 6.07) is 18.4. The molecule has 5 heteroatoms. The Labute approximate surface area is 134 Å². The van der Waals surface area contributed by atoms with Crippen LogP contribution < -0.4 is 0 Å². The Balaban J connectivity index is 1.95. The summed E-state index contributed by atoms with van der Waals surface area (Å²) in [6.07, 6.45) is 0. The summed E-state index contributed by atoms with van der Waals surface area (Å²) >= 11 is 5.08. The van der Waals surface area contributed by atoms with Crippen molar-refractivity contribution in [2.45, 2.75) is 0 Å². The van der Waals surface area contributed by atoms with Gasteiger partial charge in [0.05, 0.1) is 5.69 Å². The minimum Gasteiger partial charge on any atom is -0.265 e. The number of fused-ring (bicyclic) bond motifs is 1. The van der Waals surface area contributed by atoms with Gasteiger partial charge >= 0.3 is 0 Å². The first-order valence-electron chi connectivity index (χ1n) is 6.47. The molecule has 0 atom stereocenters. The lowest BCUT2D eigenvalue weighted by Crippen LogP contribution is -1.90. The van der Waals surface area contributed by atoms with Crippen molar-refractivity contribution >= 4 is 32.2 Å². The SMILES string of the molecule is Brc1ccc(-c2csc3nnc(-c4ccccc4)n23)cc1. The number of hydrogen-bond donors (Lipinski definition) is 0. The van der Waals surface area contributed by atoms with E-state index >= 15 is 0 Å². The van der Waals surface area contributed by atoms with Crippen molar-refractivity contribution in [2.24, 2.45) is 0 Å². The van der Waals surface area contributed by atoms with Crippen molar-refractivity contribution in [1.82, 2.24) is 14.6 Å². The second-order valence-electron chi connectivity index (χ2n) is 4.64. The third-order valence-corrected chi connectivity index (χ3v) is 4.67. The van der Waals surface area contributed by atoms with Gasteiger partial charge in [0, 0.05) is 15.4 Å². The lowest BCUT2D eigenvalue weighted by molar-refractivity contribution is 1.11. The lowest BCUT2D eigenvalue weighted by atomic mass is 10.1. The number of aromatic nitrogens is 3. The predicted molar refractivity (Wildman–Crippen MR) is 89.4 cm³/mol. The van der Waals surface area contributed by atoms with Gasteiger partial charge in [0.2, 0.25) is 4.96 Å². The molecular weight excluding hydrogens is 346 g/mol. The maximum absolute atomic E-state index is 4.34. The largest absolute Gasteiger partial charge is 0.265 e. The van der Waals surface area contributed by atoms with Gasteiger partial charge < -0.3 is 0 Å². The van der Waals surface area contributed by atoms with Gasteiger partial charge in [0.25, 0.3) is 0 Å². The quantitative estimate of drug-likeness (QED) is 0.512. The highest BCUT2D eigenvalue weighted by molar-refractivity contribution is 9.10. The zero-order valence-corrected chi connectivity index (χ0v) is 13.3. The topological polar surface area (TPSA) is 30.2 Å². The maximum atomic E-state index is 4.34. The molecule has 102 valence electrons. The lowest BCUT2D eigenvalue weighted by Gasteiger charge is -2.03. The molecule has 0 saturated carbocycles. The van der Waals surface area contributed by atoms with E-state index in [1.807, 2.05) is 30.3 Å². The van der Waals surface area contributed by atoms with Crippen molar-refractivity contribution in [3.63, 3.8) is 0 Å². The molecule has 4 rings (SSSR count). The molecule has 2 heterocycles. The van der Waals surface area contributed by atoms with Crippen LogP contribution in [0.5, 0.6) is 0 Å². The first kappa shape index (κ1) is 12.7. The standard InChI is InChI=1S/C16H10BrN3S/c17-13-8-6-11(7-9-13)14-10-21-16-19-18-15(20(14)16)12-4-2-1-3-5-12/h1-10H. The molecule has 0 aliphatic rings. The van der Waals surface area contributed by atoms with Gasteiger partial charge in [0.15, 0.2) is 5.82 Å². The summed E-state index contributed by atoms with van der Waals surface area (Å²) in [7, 11) is 0. The fourth-order valence-corrected chi connectivity index (χ4v) is 3.42. The highest BCUT2D eigenvalue weighted by Crippen LogP contribution is 2.30. The van der Waals surface area contributed by atoms with E-state index in [0.29, 0.717) is 0 Å². The Morgan fingerprint density at radius 3 is 2.38 bits per heavy atom. The summed E-state index contributed by atoms with van der Waals surface area (Å²) in [5.41, 5.74) is 3.34. The number of thiazole rings is 1. The second-order valence-corrected chi connectivity index (χ2v) is 6.39. The van der Waals surface area contributed by atoms with Gasteiger partial charge in [-0.1, -0.05) is 58.4 Å². The molecule has 0 N–H and O–H groups in total. The monoisotopic (exact) mass is 355 g/mol. The van der Waals surface area contributed by atoms with Gasteiger partial charge in [-0.25, -0.2) is 0 Å². The van der Waals surface area contributed by atoms with Crippen molar-refractivity contribution in [3.05, 3.63) is 64.5 Å². The number of benzene rings is 2. The van der Waals surface area contributed by atoms with Crippen molar-refractivity contribution < 1.29 is 0 Å². The minimum atomic E-state index is 0.879. The number of halogens is 1.